The van der Waals surface area contributed by atoms with Crippen LogP contribution in [0.4, 0.5) is 0 Å². The van der Waals surface area contributed by atoms with Crippen molar-refractivity contribution in [1.29, 1.82) is 0 Å². The van der Waals surface area contributed by atoms with Crippen LogP contribution in [-0.2, 0) is 14.4 Å². The van der Waals surface area contributed by atoms with E-state index in [4.69, 9.17) is 26.8 Å². The highest BCUT2D eigenvalue weighted by atomic mass is 32.2. The lowest BCUT2D eigenvalue weighted by Crippen LogP contribution is -2.47. The Kier molecular flexibility index (Phi) is 12.1. The molecule has 0 bridgehead atoms. The number of carbonyl (C=O) groups is 3. The van der Waals surface area contributed by atoms with Gasteiger partial charge in [-0.3, -0.25) is 19.4 Å². The quantitative estimate of drug-likeness (QED) is 0.217. The van der Waals surface area contributed by atoms with Crippen molar-refractivity contribution in [3.05, 3.63) is 0 Å². The number of carboxylic acids is 3. The third-order valence-corrected chi connectivity index (χ3v) is 3.32. The van der Waals surface area contributed by atoms with Crippen molar-refractivity contribution in [2.24, 2.45) is 16.5 Å². The van der Waals surface area contributed by atoms with Gasteiger partial charge in [-0.15, -0.1) is 0 Å². The first-order valence-electron chi connectivity index (χ1n) is 6.29. The summed E-state index contributed by atoms with van der Waals surface area (Å²) in [4.78, 5) is 33.9. The Morgan fingerprint density at radius 3 is 1.91 bits per heavy atom. The van der Waals surface area contributed by atoms with Gasteiger partial charge in [0, 0.05) is 18.1 Å². The molecule has 1 atom stereocenters. The SMILES string of the molecule is CC(N)=NCCSC[C@@](C)(N)C(=O)O.O=C(O)CCC(=O)O. The maximum atomic E-state index is 10.6. The van der Waals surface area contributed by atoms with Crippen LogP contribution in [0.5, 0.6) is 0 Å². The molecule has 0 rings (SSSR count). The van der Waals surface area contributed by atoms with Gasteiger partial charge in [0.15, 0.2) is 0 Å². The fourth-order valence-corrected chi connectivity index (χ4v) is 1.76. The van der Waals surface area contributed by atoms with E-state index in [1.807, 2.05) is 0 Å². The smallest absolute Gasteiger partial charge is 0.324 e. The minimum Gasteiger partial charge on any atom is -0.481 e. The molecule has 0 saturated carbocycles. The van der Waals surface area contributed by atoms with E-state index < -0.39 is 23.4 Å². The molecule has 128 valence electrons. The van der Waals surface area contributed by atoms with Crippen LogP contribution in [0, 0.1) is 0 Å². The summed E-state index contributed by atoms with van der Waals surface area (Å²) in [6.45, 7) is 3.82. The van der Waals surface area contributed by atoms with E-state index in [9.17, 15) is 14.4 Å². The number of hydrogen-bond acceptors (Lipinski definition) is 6. The Morgan fingerprint density at radius 2 is 1.59 bits per heavy atom. The predicted octanol–water partition coefficient (Wildman–Crippen LogP) is -0.165. The molecule has 0 aromatic carbocycles. The number of carboxylic acid groups (broad SMARTS) is 3. The van der Waals surface area contributed by atoms with Crippen LogP contribution < -0.4 is 11.5 Å². The average molecular weight is 337 g/mol. The number of rotatable bonds is 9. The molecule has 0 heterocycles. The number of nitrogens with zero attached hydrogens (tertiary/aromatic N) is 1. The second kappa shape index (κ2) is 11.8. The Morgan fingerprint density at radius 1 is 1.14 bits per heavy atom. The van der Waals surface area contributed by atoms with E-state index in [1.165, 1.54) is 18.7 Å². The van der Waals surface area contributed by atoms with E-state index in [0.717, 1.165) is 5.75 Å². The fourth-order valence-electron chi connectivity index (χ4n) is 0.846. The maximum Gasteiger partial charge on any atom is 0.324 e. The van der Waals surface area contributed by atoms with Crippen molar-refractivity contribution in [2.75, 3.05) is 18.1 Å². The monoisotopic (exact) mass is 337 g/mol. The molecular formula is C12H23N3O6S. The molecule has 9 nitrogen and oxygen atoms in total. The van der Waals surface area contributed by atoms with Crippen LogP contribution in [0.1, 0.15) is 26.7 Å². The Bertz CT molecular complexity index is 394. The van der Waals surface area contributed by atoms with Gasteiger partial charge in [-0.1, -0.05) is 0 Å². The first-order valence-corrected chi connectivity index (χ1v) is 7.44. The lowest BCUT2D eigenvalue weighted by atomic mass is 10.1. The molecule has 0 radical (unpaired) electrons. The normalized spacial score (nSPS) is 13.5. The zero-order chi connectivity index (χ0) is 17.8. The summed E-state index contributed by atoms with van der Waals surface area (Å²) < 4.78 is 0. The van der Waals surface area contributed by atoms with E-state index in [2.05, 4.69) is 4.99 Å². The van der Waals surface area contributed by atoms with Crippen LogP contribution in [0.2, 0.25) is 0 Å². The van der Waals surface area contributed by atoms with Gasteiger partial charge in [0.05, 0.1) is 18.7 Å². The zero-order valence-electron chi connectivity index (χ0n) is 12.6. The van der Waals surface area contributed by atoms with Crippen molar-refractivity contribution < 1.29 is 29.7 Å². The molecule has 0 aliphatic heterocycles. The summed E-state index contributed by atoms with van der Waals surface area (Å²) in [6, 6.07) is 0. The molecule has 0 unspecified atom stereocenters. The molecule has 0 aliphatic carbocycles. The molecule has 0 fully saturated rings. The summed E-state index contributed by atoms with van der Waals surface area (Å²) in [6.07, 6.45) is -0.593. The lowest BCUT2D eigenvalue weighted by molar-refractivity contribution is -0.143. The van der Waals surface area contributed by atoms with Gasteiger partial charge in [-0.25, -0.2) is 0 Å². The van der Waals surface area contributed by atoms with E-state index in [1.54, 1.807) is 6.92 Å². The van der Waals surface area contributed by atoms with Crippen molar-refractivity contribution in [1.82, 2.24) is 0 Å². The third kappa shape index (κ3) is 16.2. The second-order valence-electron chi connectivity index (χ2n) is 4.59. The van der Waals surface area contributed by atoms with Crippen LogP contribution in [-0.4, -0.2) is 62.7 Å². The number of amidine groups is 1. The molecule has 0 aromatic heterocycles. The molecule has 0 aliphatic rings. The maximum absolute atomic E-state index is 10.6. The molecule has 0 saturated heterocycles. The predicted molar refractivity (Wildman–Crippen MR) is 84.2 cm³/mol. The van der Waals surface area contributed by atoms with Crippen molar-refractivity contribution in [3.63, 3.8) is 0 Å². The van der Waals surface area contributed by atoms with Gasteiger partial charge in [0.25, 0.3) is 0 Å². The van der Waals surface area contributed by atoms with Crippen molar-refractivity contribution in [2.45, 2.75) is 32.2 Å². The van der Waals surface area contributed by atoms with Gasteiger partial charge in [-0.05, 0) is 13.8 Å². The van der Waals surface area contributed by atoms with Crippen molar-refractivity contribution >= 4 is 35.5 Å². The summed E-state index contributed by atoms with van der Waals surface area (Å²) >= 11 is 1.46. The zero-order valence-corrected chi connectivity index (χ0v) is 13.4. The van der Waals surface area contributed by atoms with Crippen molar-refractivity contribution in [3.8, 4) is 0 Å². The minimum atomic E-state index is -1.16. The van der Waals surface area contributed by atoms with Crippen LogP contribution >= 0.6 is 11.8 Å². The number of aliphatic carboxylic acids is 3. The summed E-state index contributed by atoms with van der Waals surface area (Å²) in [5.74, 6) is -1.49. The van der Waals surface area contributed by atoms with E-state index >= 15 is 0 Å². The fraction of sp³-hybridized carbons (Fsp3) is 0.667. The van der Waals surface area contributed by atoms with Crippen LogP contribution in [0.3, 0.4) is 0 Å². The molecule has 0 amide bonds. The largest absolute Gasteiger partial charge is 0.481 e. The molecular weight excluding hydrogens is 314 g/mol. The second-order valence-corrected chi connectivity index (χ2v) is 5.69. The highest BCUT2D eigenvalue weighted by Gasteiger charge is 2.27. The third-order valence-electron chi connectivity index (χ3n) is 2.04. The summed E-state index contributed by atoms with van der Waals surface area (Å²) in [5, 5.41) is 24.5. The number of aliphatic imine (C=N–C) groups is 1. The Labute approximate surface area is 132 Å². The van der Waals surface area contributed by atoms with Gasteiger partial charge in [0.1, 0.15) is 5.54 Å². The van der Waals surface area contributed by atoms with Gasteiger partial charge < -0.3 is 26.8 Å². The highest BCUT2D eigenvalue weighted by molar-refractivity contribution is 7.99. The highest BCUT2D eigenvalue weighted by Crippen LogP contribution is 2.10. The van der Waals surface area contributed by atoms with Crippen LogP contribution in [0.25, 0.3) is 0 Å². The number of hydrogen-bond donors (Lipinski definition) is 5. The number of thioether (sulfide) groups is 1. The first kappa shape index (κ1) is 22.5. The molecule has 7 N–H and O–H groups in total. The summed E-state index contributed by atoms with van der Waals surface area (Å²) in [5.41, 5.74) is 9.69. The van der Waals surface area contributed by atoms with Crippen LogP contribution in [0.15, 0.2) is 4.99 Å². The molecule has 0 aromatic rings. The number of nitrogens with two attached hydrogens (primary N) is 2. The Balaban J connectivity index is 0. The molecule has 22 heavy (non-hydrogen) atoms. The molecule has 0 spiro atoms. The summed E-state index contributed by atoms with van der Waals surface area (Å²) in [7, 11) is 0. The average Bonchev–Trinajstić information content (AvgIpc) is 2.36. The van der Waals surface area contributed by atoms with E-state index in [0.29, 0.717) is 18.1 Å². The molecule has 10 heteroatoms. The minimum absolute atomic E-state index is 0.296. The van der Waals surface area contributed by atoms with Gasteiger partial charge in [-0.2, -0.15) is 11.8 Å². The Hall–Kier alpha value is -1.81. The van der Waals surface area contributed by atoms with Gasteiger partial charge in [0.2, 0.25) is 0 Å². The standard InChI is InChI=1S/C8H17N3O2S.C4H6O4/c1-6(9)11-3-4-14-5-8(2,10)7(12)13;5-3(6)1-2-4(7)8/h3-5,10H2,1-2H3,(H2,9,11)(H,12,13);1-2H2,(H,5,6)(H,7,8)/t8-;/m1./s1. The van der Waals surface area contributed by atoms with E-state index in [-0.39, 0.29) is 12.8 Å². The lowest BCUT2D eigenvalue weighted by Gasteiger charge is -2.17. The van der Waals surface area contributed by atoms with Gasteiger partial charge >= 0.3 is 17.9 Å². The topological polar surface area (TPSA) is 176 Å². The first-order chi connectivity index (χ1) is 9.99.